The molecule has 0 aromatic heterocycles. The molecule has 468 valence electrons. The van der Waals surface area contributed by atoms with Gasteiger partial charge in [-0.05, 0) is 77.4 Å². The molecule has 4 saturated heterocycles. The molecule has 5 rings (SSSR count). The lowest BCUT2D eigenvalue weighted by molar-refractivity contribution is -0.346. The third-order valence-corrected chi connectivity index (χ3v) is 18.0. The second-order valence-corrected chi connectivity index (χ2v) is 23.7. The maximum atomic E-state index is 14.0. The van der Waals surface area contributed by atoms with Gasteiger partial charge in [-0.25, -0.2) is 9.59 Å². The van der Waals surface area contributed by atoms with Gasteiger partial charge in [0.25, 0.3) is 0 Å². The van der Waals surface area contributed by atoms with Crippen molar-refractivity contribution in [2.75, 3.05) is 7.11 Å². The minimum Gasteiger partial charge on any atom is -0.458 e. The Balaban J connectivity index is 1.39. The molecule has 0 amide bonds. The largest absolute Gasteiger partial charge is 0.458 e. The molecule has 0 aromatic carbocycles. The van der Waals surface area contributed by atoms with Crippen LogP contribution < -0.4 is 0 Å². The number of methoxy groups -OCH3 is 1. The number of carbonyl (C=O) groups excluding carboxylic acids is 2. The van der Waals surface area contributed by atoms with Crippen LogP contribution in [0.15, 0.2) is 71.9 Å². The van der Waals surface area contributed by atoms with Crippen molar-refractivity contribution in [1.29, 1.82) is 0 Å². The highest BCUT2D eigenvalue weighted by Gasteiger charge is 2.52. The molecule has 8 N–H and O–H groups in total. The van der Waals surface area contributed by atoms with Gasteiger partial charge in [0.05, 0.1) is 54.9 Å². The molecule has 19 heteroatoms. The number of esters is 2. The zero-order valence-electron chi connectivity index (χ0n) is 50.9. The maximum Gasteiger partial charge on any atom is 0.331 e. The van der Waals surface area contributed by atoms with Gasteiger partial charge in [-0.1, -0.05) is 104 Å². The quantitative estimate of drug-likeness (QED) is 0.0625. The van der Waals surface area contributed by atoms with E-state index in [2.05, 4.69) is 0 Å². The number of ether oxygens (including phenoxy) is 9. The summed E-state index contributed by atoms with van der Waals surface area (Å²) in [7, 11) is 1.53. The van der Waals surface area contributed by atoms with Crippen molar-refractivity contribution >= 4 is 11.9 Å². The second-order valence-electron chi connectivity index (χ2n) is 23.7. The van der Waals surface area contributed by atoms with E-state index in [1.165, 1.54) is 19.3 Å². The van der Waals surface area contributed by atoms with Gasteiger partial charge in [-0.3, -0.25) is 0 Å². The first kappa shape index (κ1) is 69.6. The van der Waals surface area contributed by atoms with Gasteiger partial charge < -0.3 is 83.5 Å². The molecule has 0 saturated carbocycles. The fourth-order valence-electron chi connectivity index (χ4n) is 12.6. The molecule has 82 heavy (non-hydrogen) atoms. The molecule has 0 aromatic rings. The van der Waals surface area contributed by atoms with Crippen LogP contribution in [0, 0.1) is 35.5 Å². The van der Waals surface area contributed by atoms with Crippen molar-refractivity contribution < 1.29 is 93.1 Å². The van der Waals surface area contributed by atoms with Gasteiger partial charge in [0.2, 0.25) is 0 Å². The molecule has 5 heterocycles. The Bertz CT molecular complexity index is 2170. The number of rotatable bonds is 19. The number of carbonyl (C=O) groups is 2. The van der Waals surface area contributed by atoms with Crippen LogP contribution in [0.2, 0.25) is 0 Å². The summed E-state index contributed by atoms with van der Waals surface area (Å²) in [6.07, 6.45) is 4.49. The van der Waals surface area contributed by atoms with Crippen LogP contribution in [0.5, 0.6) is 0 Å². The van der Waals surface area contributed by atoms with Crippen molar-refractivity contribution in [3.05, 3.63) is 71.9 Å². The molecule has 5 aliphatic heterocycles. The van der Waals surface area contributed by atoms with Gasteiger partial charge in [0.1, 0.15) is 36.6 Å². The van der Waals surface area contributed by atoms with Crippen molar-refractivity contribution in [3.8, 4) is 0 Å². The summed E-state index contributed by atoms with van der Waals surface area (Å²) in [5, 5.41) is 88.8. The molecule has 0 spiro atoms. The lowest BCUT2D eigenvalue weighted by Gasteiger charge is -2.49. The molecule has 5 aliphatic rings. The molecule has 19 nitrogen and oxygen atoms in total. The van der Waals surface area contributed by atoms with Gasteiger partial charge in [0.15, 0.2) is 24.2 Å². The van der Waals surface area contributed by atoms with E-state index in [1.54, 1.807) is 39.8 Å². The Hall–Kier alpha value is -3.22. The summed E-state index contributed by atoms with van der Waals surface area (Å²) < 4.78 is 56.1. The molecule has 25 atom stereocenters. The first-order valence-electron chi connectivity index (χ1n) is 30.3. The summed E-state index contributed by atoms with van der Waals surface area (Å²) in [5.41, 5.74) is 1.56. The van der Waals surface area contributed by atoms with Crippen LogP contribution in [0.4, 0.5) is 0 Å². The summed E-state index contributed by atoms with van der Waals surface area (Å²) in [4.78, 5) is 27.9. The van der Waals surface area contributed by atoms with E-state index in [-0.39, 0.29) is 56.0 Å². The standard InChI is InChI=1S/C63H102O19/c1-14-41-22-20-24-43(16-3)59(35(7)48(65)31-62(73)33-50(45(18-5)37(9)81-62)78-61-58(72)57(71)56(70)40(12)76-61)79-52(67)28-26-42(15-2)23-21-25-44(17-4)60(80-53(68)29-27-41)36(8)49(66)32-63(74-13)34-51(46(19-6)38(10)82-63)77-54-30-47(64)55(69)39(11)75-54/h20-29,35-40,43-51,54-61,64-66,69-73H,14-19,30-34H2,1-13H3. The summed E-state index contributed by atoms with van der Waals surface area (Å²) in [6.45, 7) is 22.4. The van der Waals surface area contributed by atoms with Crippen LogP contribution in [0.3, 0.4) is 0 Å². The highest BCUT2D eigenvalue weighted by atomic mass is 16.7. The molecule has 4 fully saturated rings. The number of hydrogen-bond donors (Lipinski definition) is 8. The van der Waals surface area contributed by atoms with Crippen molar-refractivity contribution in [2.24, 2.45) is 35.5 Å². The van der Waals surface area contributed by atoms with Crippen molar-refractivity contribution in [2.45, 2.75) is 269 Å². The SMILES string of the molecule is CCC1=CC=CC(CC)C(C(C)C(O)CC2(OC)CC(OC3CC(O)C(O)C(C)O3)C(CC)C(C)O2)OC(=O)C=CC(CC)=CC=CC(CC)C(C(C)C(O)CC2(O)CC(OC3OC(C)C(O)C(O)C3O)C(CC)C(C)O2)OC(=O)C=C1. The van der Waals surface area contributed by atoms with Gasteiger partial charge in [-0.15, -0.1) is 0 Å². The van der Waals surface area contributed by atoms with Crippen LogP contribution >= 0.6 is 0 Å². The first-order valence-corrected chi connectivity index (χ1v) is 30.3. The van der Waals surface area contributed by atoms with Crippen LogP contribution in [-0.4, -0.2) is 176 Å². The normalized spacial score (nSPS) is 40.9. The molecule has 25 unspecified atom stereocenters. The number of aliphatic hydroxyl groups is 8. The number of aliphatic hydroxyl groups excluding tert-OH is 7. The summed E-state index contributed by atoms with van der Waals surface area (Å²) >= 11 is 0. The van der Waals surface area contributed by atoms with Crippen LogP contribution in [-0.2, 0) is 52.2 Å². The van der Waals surface area contributed by atoms with E-state index >= 15 is 0 Å². The zero-order valence-corrected chi connectivity index (χ0v) is 50.9. The zero-order chi connectivity index (χ0) is 60.8. The lowest BCUT2D eigenvalue weighted by atomic mass is 9.80. The first-order chi connectivity index (χ1) is 38.8. The molecule has 0 aliphatic carbocycles. The Morgan fingerprint density at radius 3 is 1.56 bits per heavy atom. The molecule has 0 radical (unpaired) electrons. The van der Waals surface area contributed by atoms with Crippen LogP contribution in [0.25, 0.3) is 0 Å². The predicted molar refractivity (Wildman–Crippen MR) is 306 cm³/mol. The van der Waals surface area contributed by atoms with Crippen molar-refractivity contribution in [3.63, 3.8) is 0 Å². The highest BCUT2D eigenvalue weighted by Crippen LogP contribution is 2.44. The fourth-order valence-corrected chi connectivity index (χ4v) is 12.6. The molecule has 0 bridgehead atoms. The number of cyclic esters (lactones) is 2. The predicted octanol–water partition coefficient (Wildman–Crippen LogP) is 6.70. The Labute approximate surface area is 487 Å². The van der Waals surface area contributed by atoms with Gasteiger partial charge in [0, 0.05) is 86.9 Å². The monoisotopic (exact) mass is 1160 g/mol. The van der Waals surface area contributed by atoms with E-state index in [4.69, 9.17) is 42.6 Å². The maximum absolute atomic E-state index is 14.0. The Kier molecular flexibility index (Phi) is 27.1. The van der Waals surface area contributed by atoms with Gasteiger partial charge >= 0.3 is 11.9 Å². The summed E-state index contributed by atoms with van der Waals surface area (Å²) in [5.74, 6) is -6.99. The average Bonchev–Trinajstić information content (AvgIpc) is 3.45. The minimum absolute atomic E-state index is 0.0139. The van der Waals surface area contributed by atoms with Gasteiger partial charge in [-0.2, -0.15) is 0 Å². The van der Waals surface area contributed by atoms with E-state index in [9.17, 15) is 50.4 Å². The Morgan fingerprint density at radius 1 is 0.598 bits per heavy atom. The third-order valence-electron chi connectivity index (χ3n) is 18.0. The van der Waals surface area contributed by atoms with Crippen molar-refractivity contribution in [1.82, 2.24) is 0 Å². The smallest absolute Gasteiger partial charge is 0.331 e. The number of allylic oxidation sites excluding steroid dienone is 8. The summed E-state index contributed by atoms with van der Waals surface area (Å²) in [6, 6.07) is 0. The Morgan fingerprint density at radius 2 is 1.09 bits per heavy atom. The number of hydrogen-bond acceptors (Lipinski definition) is 19. The van der Waals surface area contributed by atoms with Crippen LogP contribution in [0.1, 0.15) is 154 Å². The fraction of sp³-hybridized carbons (Fsp3) is 0.778. The third kappa shape index (κ3) is 18.2. The van der Waals surface area contributed by atoms with E-state index < -0.39 is 139 Å². The molecular formula is C63H102O19. The van der Waals surface area contributed by atoms with E-state index in [0.29, 0.717) is 38.5 Å². The lowest BCUT2D eigenvalue weighted by Crippen LogP contribution is -2.60. The molecular weight excluding hydrogens is 1060 g/mol. The topological polar surface area (TPSA) is 279 Å². The average molecular weight is 1160 g/mol. The second kappa shape index (κ2) is 32.0. The van der Waals surface area contributed by atoms with E-state index in [0.717, 1.165) is 11.1 Å². The highest BCUT2D eigenvalue weighted by molar-refractivity contribution is 5.83. The van der Waals surface area contributed by atoms with E-state index in [1.807, 2.05) is 91.8 Å². The minimum atomic E-state index is -1.92.